The highest BCUT2D eigenvalue weighted by Gasteiger charge is 2.26. The minimum absolute atomic E-state index is 0.0139. The summed E-state index contributed by atoms with van der Waals surface area (Å²) in [6, 6.07) is 14.7. The van der Waals surface area contributed by atoms with E-state index < -0.39 is 11.6 Å². The summed E-state index contributed by atoms with van der Waals surface area (Å²) >= 11 is 0. The maximum Gasteiger partial charge on any atom is 0.345 e. The molecule has 158 valence electrons. The van der Waals surface area contributed by atoms with Crippen LogP contribution in [0.5, 0.6) is 5.75 Å². The zero-order chi connectivity index (χ0) is 22.1. The fraction of sp³-hybridized carbons (Fsp3) is 0.320. The molecule has 2 aromatic carbocycles. The van der Waals surface area contributed by atoms with E-state index in [1.54, 1.807) is 26.0 Å². The van der Waals surface area contributed by atoms with Crippen LogP contribution in [0.15, 0.2) is 48.5 Å². The number of ether oxygens (including phenoxy) is 2. The minimum atomic E-state index is -0.951. The first kappa shape index (κ1) is 22.0. The lowest BCUT2D eigenvalue weighted by Crippen LogP contribution is -2.28. The van der Waals surface area contributed by atoms with Gasteiger partial charge >= 0.3 is 5.97 Å². The van der Waals surface area contributed by atoms with Gasteiger partial charge in [0.25, 0.3) is 0 Å². The average molecular weight is 428 g/mol. The Morgan fingerprint density at radius 1 is 0.967 bits per heavy atom. The third-order valence-corrected chi connectivity index (χ3v) is 7.36. The van der Waals surface area contributed by atoms with Crippen LogP contribution in [0, 0.1) is 33.5 Å². The van der Waals surface area contributed by atoms with Crippen molar-refractivity contribution in [3.8, 4) is 10.6 Å². The van der Waals surface area contributed by atoms with Gasteiger partial charge in [0.05, 0.1) is 0 Å². The molecule has 0 atom stereocenters. The number of benzene rings is 2. The summed E-state index contributed by atoms with van der Waals surface area (Å²) in [5.41, 5.74) is 1.62. The molecule has 0 fully saturated rings. The predicted molar refractivity (Wildman–Crippen MR) is 120 cm³/mol. The molecule has 3 rings (SSSR count). The number of hydrogen-bond donors (Lipinski definition) is 0. The largest absolute Gasteiger partial charge is 0.481 e. The Morgan fingerprint density at radius 2 is 1.57 bits per heavy atom. The Kier molecular flexibility index (Phi) is 6.32. The molecule has 0 unspecified atom stereocenters. The highest BCUT2D eigenvalue weighted by atomic mass is 32.2. The van der Waals surface area contributed by atoms with Gasteiger partial charge in [-0.3, -0.25) is 0 Å². The lowest BCUT2D eigenvalue weighted by atomic mass is 9.98. The first-order valence-corrected chi connectivity index (χ1v) is 11.1. The monoisotopic (exact) mass is 427 g/mol. The molecular formula is C25H28FO3S+. The molecule has 3 nitrogen and oxygen atoms in total. The number of esters is 1. The Balaban J connectivity index is 1.72. The van der Waals surface area contributed by atoms with Crippen molar-refractivity contribution in [3.05, 3.63) is 80.8 Å². The number of aryl methyl sites for hydroxylation is 4. The molecule has 30 heavy (non-hydrogen) atoms. The van der Waals surface area contributed by atoms with E-state index in [4.69, 9.17) is 9.47 Å². The zero-order valence-corrected chi connectivity index (χ0v) is 19.2. The van der Waals surface area contributed by atoms with Crippen molar-refractivity contribution < 1.29 is 18.7 Å². The summed E-state index contributed by atoms with van der Waals surface area (Å²) in [6.07, 6.45) is 0. The van der Waals surface area contributed by atoms with Crippen LogP contribution in [0.3, 0.4) is 0 Å². The minimum Gasteiger partial charge on any atom is -0.481 e. The zero-order valence-electron chi connectivity index (χ0n) is 18.3. The van der Waals surface area contributed by atoms with Crippen LogP contribution in [-0.2, 0) is 15.1 Å². The number of rotatable bonds is 6. The van der Waals surface area contributed by atoms with Gasteiger partial charge in [-0.1, -0.05) is 12.1 Å². The van der Waals surface area contributed by atoms with Gasteiger partial charge in [0, 0.05) is 36.5 Å². The summed E-state index contributed by atoms with van der Waals surface area (Å²) < 4.78 is 24.9. The lowest BCUT2D eigenvalue weighted by molar-refractivity contribution is -0.159. The molecule has 0 saturated carbocycles. The topological polar surface area (TPSA) is 35.5 Å². The van der Waals surface area contributed by atoms with Crippen LogP contribution in [0.1, 0.15) is 40.3 Å². The molecule has 5 heteroatoms. The van der Waals surface area contributed by atoms with E-state index in [1.807, 2.05) is 13.8 Å². The fourth-order valence-corrected chi connectivity index (χ4v) is 5.87. The van der Waals surface area contributed by atoms with Crippen molar-refractivity contribution in [1.82, 2.24) is 0 Å². The van der Waals surface area contributed by atoms with E-state index in [0.29, 0.717) is 11.3 Å². The molecule has 0 saturated heterocycles. The van der Waals surface area contributed by atoms with Crippen LogP contribution >= 0.6 is 10.5 Å². The molecule has 0 aliphatic heterocycles. The number of hydrogen-bond acceptors (Lipinski definition) is 3. The highest BCUT2D eigenvalue weighted by Crippen LogP contribution is 2.41. The smallest absolute Gasteiger partial charge is 0.345 e. The summed E-state index contributed by atoms with van der Waals surface area (Å²) in [5, 5.41) is 0. The average Bonchev–Trinajstić information content (AvgIpc) is 2.99. The van der Waals surface area contributed by atoms with Crippen molar-refractivity contribution in [2.45, 2.75) is 47.1 Å². The van der Waals surface area contributed by atoms with Crippen LogP contribution in [-0.4, -0.2) is 12.6 Å². The van der Waals surface area contributed by atoms with Gasteiger partial charge in [0.1, 0.15) is 17.2 Å². The summed E-state index contributed by atoms with van der Waals surface area (Å²) in [7, 11) is -0.0139. The second-order valence-corrected chi connectivity index (χ2v) is 10.4. The normalized spacial score (nSPS) is 11.4. The quantitative estimate of drug-likeness (QED) is 0.326. The van der Waals surface area contributed by atoms with Crippen molar-refractivity contribution in [2.24, 2.45) is 0 Å². The summed E-state index contributed by atoms with van der Waals surface area (Å²) in [6.45, 7) is 11.6. The van der Waals surface area contributed by atoms with Gasteiger partial charge in [0.2, 0.25) is 0 Å². The Morgan fingerprint density at radius 3 is 2.13 bits per heavy atom. The molecule has 3 aromatic rings. The maximum absolute atomic E-state index is 13.5. The predicted octanol–water partition coefficient (Wildman–Crippen LogP) is 6.65. The molecule has 0 bridgehead atoms. The van der Waals surface area contributed by atoms with E-state index in [-0.39, 0.29) is 22.9 Å². The van der Waals surface area contributed by atoms with E-state index in [0.717, 1.165) is 11.1 Å². The van der Waals surface area contributed by atoms with Crippen molar-refractivity contribution >= 4 is 16.4 Å². The Bertz CT molecular complexity index is 1040. The standard InChI is InChI=1S/C25H28FO3S/c1-16-12-22(30-18(3)10-11-19(30)4)13-17(2)24(16)28-15-23(27)29-25(5,6)20-8-7-9-21(26)14-20/h7-14H,15H2,1-6H3/q+1. The highest BCUT2D eigenvalue weighted by molar-refractivity contribution is 7.39. The van der Waals surface area contributed by atoms with Gasteiger partial charge in [-0.15, -0.1) is 0 Å². The molecule has 0 aliphatic rings. The van der Waals surface area contributed by atoms with Gasteiger partial charge in [-0.25, -0.2) is 9.18 Å². The number of carbonyl (C=O) groups excluding carboxylic acids is 1. The third kappa shape index (κ3) is 4.73. The van der Waals surface area contributed by atoms with E-state index in [1.165, 1.54) is 26.8 Å². The number of carbonyl (C=O) groups is 1. The molecule has 0 N–H and O–H groups in total. The van der Waals surface area contributed by atoms with Crippen LogP contribution < -0.4 is 4.74 Å². The third-order valence-electron chi connectivity index (χ3n) is 5.09. The van der Waals surface area contributed by atoms with Gasteiger partial charge < -0.3 is 9.47 Å². The fourth-order valence-electron chi connectivity index (χ4n) is 3.62. The van der Waals surface area contributed by atoms with Crippen molar-refractivity contribution in [3.63, 3.8) is 0 Å². The molecule has 0 amide bonds. The van der Waals surface area contributed by atoms with Gasteiger partial charge in [0.15, 0.2) is 21.3 Å². The number of halogens is 1. The molecule has 1 heterocycles. The van der Waals surface area contributed by atoms with E-state index in [2.05, 4.69) is 38.1 Å². The van der Waals surface area contributed by atoms with E-state index in [9.17, 15) is 9.18 Å². The molecule has 0 spiro atoms. The molecule has 0 radical (unpaired) electrons. The summed E-state index contributed by atoms with van der Waals surface area (Å²) in [4.78, 5) is 16.4. The maximum atomic E-state index is 13.5. The molecular weight excluding hydrogens is 399 g/mol. The lowest BCUT2D eigenvalue weighted by Gasteiger charge is -2.26. The first-order chi connectivity index (χ1) is 14.1. The molecule has 0 aliphatic carbocycles. The number of thiophene rings is 1. The van der Waals surface area contributed by atoms with Crippen LogP contribution in [0.4, 0.5) is 4.39 Å². The van der Waals surface area contributed by atoms with Crippen molar-refractivity contribution in [2.75, 3.05) is 6.61 Å². The first-order valence-electron chi connectivity index (χ1n) is 9.90. The van der Waals surface area contributed by atoms with Crippen LogP contribution in [0.2, 0.25) is 0 Å². The summed E-state index contributed by atoms with van der Waals surface area (Å²) in [5.74, 6) is -0.162. The SMILES string of the molecule is Cc1cc(-[s+]2c(C)ccc2C)cc(C)c1OCC(=O)OC(C)(C)c1cccc(F)c1. The van der Waals surface area contributed by atoms with Gasteiger partial charge in [-0.05, 0) is 68.7 Å². The van der Waals surface area contributed by atoms with E-state index >= 15 is 0 Å². The Labute approximate surface area is 180 Å². The van der Waals surface area contributed by atoms with Crippen molar-refractivity contribution in [1.29, 1.82) is 0 Å². The second kappa shape index (κ2) is 8.60. The van der Waals surface area contributed by atoms with Crippen LogP contribution in [0.25, 0.3) is 4.90 Å². The Hall–Kier alpha value is -2.66. The second-order valence-electron chi connectivity index (χ2n) is 8.03. The van der Waals surface area contributed by atoms with Gasteiger partial charge in [-0.2, -0.15) is 0 Å². The molecule has 1 aromatic heterocycles.